The molecule has 0 saturated carbocycles. The predicted molar refractivity (Wildman–Crippen MR) is 74.3 cm³/mol. The molecule has 0 fully saturated rings. The first-order chi connectivity index (χ1) is 9.18. The van der Waals surface area contributed by atoms with Crippen LogP contribution in [-0.2, 0) is 11.3 Å². The van der Waals surface area contributed by atoms with Gasteiger partial charge in [0.2, 0.25) is 5.91 Å². The van der Waals surface area contributed by atoms with Crippen molar-refractivity contribution in [2.24, 2.45) is 5.73 Å². The molecule has 0 aliphatic heterocycles. The van der Waals surface area contributed by atoms with Crippen molar-refractivity contribution >= 4 is 23.1 Å². The van der Waals surface area contributed by atoms with E-state index in [0.717, 1.165) is 5.56 Å². The van der Waals surface area contributed by atoms with Crippen LogP contribution in [0.2, 0.25) is 0 Å². The molecule has 1 atom stereocenters. The van der Waals surface area contributed by atoms with Crippen LogP contribution in [-0.4, -0.2) is 16.1 Å². The van der Waals surface area contributed by atoms with Gasteiger partial charge in [-0.15, -0.1) is 0 Å². The molecule has 1 heterocycles. The lowest BCUT2D eigenvalue weighted by Crippen LogP contribution is -2.35. The van der Waals surface area contributed by atoms with E-state index in [4.69, 9.17) is 22.5 Å². The molecule has 1 aromatic carbocycles. The quantitative estimate of drug-likeness (QED) is 0.805. The molecule has 2 rings (SSSR count). The highest BCUT2D eigenvalue weighted by Crippen LogP contribution is 2.16. The number of aromatic nitrogens is 1. The first kappa shape index (κ1) is 13.2. The summed E-state index contributed by atoms with van der Waals surface area (Å²) in [5, 5.41) is 6.29. The van der Waals surface area contributed by atoms with Gasteiger partial charge in [0, 0.05) is 6.07 Å². The highest BCUT2D eigenvalue weighted by Gasteiger charge is 2.23. The minimum Gasteiger partial charge on any atom is -0.392 e. The molecule has 1 unspecified atom stereocenters. The van der Waals surface area contributed by atoms with Crippen molar-refractivity contribution in [1.29, 1.82) is 0 Å². The monoisotopic (exact) mass is 275 g/mol. The van der Waals surface area contributed by atoms with Crippen LogP contribution >= 0.6 is 12.2 Å². The Kier molecular flexibility index (Phi) is 4.25. The molecule has 0 saturated heterocycles. The van der Waals surface area contributed by atoms with E-state index < -0.39 is 5.92 Å². The molecule has 3 N–H and O–H groups in total. The van der Waals surface area contributed by atoms with Gasteiger partial charge in [0.15, 0.2) is 5.76 Å². The van der Waals surface area contributed by atoms with E-state index >= 15 is 0 Å². The van der Waals surface area contributed by atoms with Crippen molar-refractivity contribution in [2.45, 2.75) is 12.5 Å². The van der Waals surface area contributed by atoms with E-state index in [0.29, 0.717) is 5.76 Å². The fraction of sp³-hybridized carbons (Fsp3) is 0.154. The second-order valence-corrected chi connectivity index (χ2v) is 4.41. The minimum absolute atomic E-state index is 0.140. The summed E-state index contributed by atoms with van der Waals surface area (Å²) in [6, 6.07) is 10.9. The zero-order valence-electron chi connectivity index (χ0n) is 10.1. The zero-order chi connectivity index (χ0) is 13.7. The number of thiocarbonyl (C=S) groups is 1. The molecule has 5 nitrogen and oxygen atoms in total. The van der Waals surface area contributed by atoms with E-state index in [1.165, 1.54) is 6.20 Å². The number of hydrogen-bond acceptors (Lipinski definition) is 4. The molecule has 0 radical (unpaired) electrons. The van der Waals surface area contributed by atoms with Gasteiger partial charge in [0.05, 0.1) is 17.7 Å². The summed E-state index contributed by atoms with van der Waals surface area (Å²) in [6.07, 6.45) is 1.52. The summed E-state index contributed by atoms with van der Waals surface area (Å²) < 4.78 is 4.90. The van der Waals surface area contributed by atoms with Gasteiger partial charge in [-0.25, -0.2) is 0 Å². The van der Waals surface area contributed by atoms with Crippen LogP contribution in [0.3, 0.4) is 0 Å². The molecule has 98 valence electrons. The molecule has 19 heavy (non-hydrogen) atoms. The smallest absolute Gasteiger partial charge is 0.234 e. The number of rotatable bonds is 5. The van der Waals surface area contributed by atoms with Crippen LogP contribution < -0.4 is 11.1 Å². The Balaban J connectivity index is 2.07. The average molecular weight is 275 g/mol. The van der Waals surface area contributed by atoms with Crippen molar-refractivity contribution in [3.05, 3.63) is 53.9 Å². The summed E-state index contributed by atoms with van der Waals surface area (Å²) in [4.78, 5) is 12.3. The third-order valence-corrected chi connectivity index (χ3v) is 2.84. The highest BCUT2D eigenvalue weighted by atomic mass is 32.1. The van der Waals surface area contributed by atoms with Gasteiger partial charge in [-0.05, 0) is 5.56 Å². The fourth-order valence-corrected chi connectivity index (χ4v) is 1.94. The summed E-state index contributed by atoms with van der Waals surface area (Å²) in [5.74, 6) is -0.322. The normalized spacial score (nSPS) is 11.8. The number of carbonyl (C=O) groups is 1. The summed E-state index contributed by atoms with van der Waals surface area (Å²) in [5.41, 5.74) is 6.42. The maximum absolute atomic E-state index is 12.1. The van der Waals surface area contributed by atoms with Crippen molar-refractivity contribution in [1.82, 2.24) is 10.5 Å². The number of nitrogens with two attached hydrogens (primary N) is 1. The first-order valence-electron chi connectivity index (χ1n) is 5.70. The van der Waals surface area contributed by atoms with Crippen molar-refractivity contribution in [3.63, 3.8) is 0 Å². The largest absolute Gasteiger partial charge is 0.392 e. The lowest BCUT2D eigenvalue weighted by atomic mass is 9.98. The molecule has 1 amide bonds. The molecular weight excluding hydrogens is 262 g/mol. The minimum atomic E-state index is -0.640. The van der Waals surface area contributed by atoms with Crippen LogP contribution in [0.25, 0.3) is 0 Å². The van der Waals surface area contributed by atoms with Gasteiger partial charge in [-0.2, -0.15) is 0 Å². The van der Waals surface area contributed by atoms with Gasteiger partial charge in [0.1, 0.15) is 5.92 Å². The molecule has 6 heteroatoms. The van der Waals surface area contributed by atoms with Gasteiger partial charge in [-0.3, -0.25) is 4.79 Å². The van der Waals surface area contributed by atoms with E-state index in [9.17, 15) is 4.79 Å². The van der Waals surface area contributed by atoms with E-state index in [1.807, 2.05) is 30.3 Å². The Morgan fingerprint density at radius 1 is 1.37 bits per heavy atom. The maximum Gasteiger partial charge on any atom is 0.234 e. The van der Waals surface area contributed by atoms with Crippen LogP contribution in [0.1, 0.15) is 17.2 Å². The molecular formula is C13H13N3O2S. The Morgan fingerprint density at radius 3 is 2.68 bits per heavy atom. The Bertz CT molecular complexity index is 555. The summed E-state index contributed by atoms with van der Waals surface area (Å²) in [7, 11) is 0. The molecule has 0 aliphatic rings. The maximum atomic E-state index is 12.1. The van der Waals surface area contributed by atoms with Crippen LogP contribution in [0.4, 0.5) is 0 Å². The second kappa shape index (κ2) is 6.10. The Labute approximate surface area is 115 Å². The van der Waals surface area contributed by atoms with E-state index in [2.05, 4.69) is 10.5 Å². The lowest BCUT2D eigenvalue weighted by Gasteiger charge is -2.15. The van der Waals surface area contributed by atoms with E-state index in [-0.39, 0.29) is 17.4 Å². The number of nitrogens with zero attached hydrogens (tertiary/aromatic N) is 1. The van der Waals surface area contributed by atoms with Crippen LogP contribution in [0.15, 0.2) is 47.1 Å². The van der Waals surface area contributed by atoms with Gasteiger partial charge in [-0.1, -0.05) is 47.7 Å². The number of amides is 1. The lowest BCUT2D eigenvalue weighted by molar-refractivity contribution is -0.121. The van der Waals surface area contributed by atoms with Crippen molar-refractivity contribution in [3.8, 4) is 0 Å². The average Bonchev–Trinajstić information content (AvgIpc) is 2.90. The first-order valence-corrected chi connectivity index (χ1v) is 6.11. The third-order valence-electron chi connectivity index (χ3n) is 2.61. The Morgan fingerprint density at radius 2 is 2.11 bits per heavy atom. The Hall–Kier alpha value is -2.21. The predicted octanol–water partition coefficient (Wildman–Crippen LogP) is 1.36. The van der Waals surface area contributed by atoms with Crippen LogP contribution in [0, 0.1) is 0 Å². The van der Waals surface area contributed by atoms with Crippen LogP contribution in [0.5, 0.6) is 0 Å². The van der Waals surface area contributed by atoms with Crippen molar-refractivity contribution < 1.29 is 9.32 Å². The zero-order valence-corrected chi connectivity index (χ0v) is 10.9. The molecule has 0 aliphatic carbocycles. The molecule has 1 aromatic heterocycles. The van der Waals surface area contributed by atoms with Gasteiger partial charge in [0.25, 0.3) is 0 Å². The number of nitrogens with one attached hydrogen (secondary N) is 1. The standard InChI is InChI=1S/C13H13N3O2S/c14-12(19)11(9-4-2-1-3-5-9)13(17)15-8-10-6-7-16-18-10/h1-7,11H,8H2,(H2,14,19)(H,15,17). The fourth-order valence-electron chi connectivity index (χ4n) is 1.70. The third kappa shape index (κ3) is 3.38. The summed E-state index contributed by atoms with van der Waals surface area (Å²) >= 11 is 4.97. The molecule has 0 spiro atoms. The SMILES string of the molecule is NC(=S)C(C(=O)NCc1ccno1)c1ccccc1. The summed E-state index contributed by atoms with van der Waals surface area (Å²) in [6.45, 7) is 0.255. The second-order valence-electron chi connectivity index (χ2n) is 3.94. The molecule has 2 aromatic rings. The van der Waals surface area contributed by atoms with Gasteiger partial charge >= 0.3 is 0 Å². The van der Waals surface area contributed by atoms with Gasteiger partial charge < -0.3 is 15.6 Å². The number of benzene rings is 1. The number of carbonyl (C=O) groups excluding carboxylic acids is 1. The molecule has 0 bridgehead atoms. The van der Waals surface area contributed by atoms with E-state index in [1.54, 1.807) is 6.07 Å². The topological polar surface area (TPSA) is 81.2 Å². The number of hydrogen-bond donors (Lipinski definition) is 2. The van der Waals surface area contributed by atoms with Crippen molar-refractivity contribution in [2.75, 3.05) is 0 Å². The highest BCUT2D eigenvalue weighted by molar-refractivity contribution is 7.80.